The lowest BCUT2D eigenvalue weighted by Gasteiger charge is -2.43. The van der Waals surface area contributed by atoms with Gasteiger partial charge >= 0.3 is 0 Å². The second kappa shape index (κ2) is 10.7. The van der Waals surface area contributed by atoms with E-state index in [-0.39, 0.29) is 18.2 Å². The van der Waals surface area contributed by atoms with Crippen LogP contribution in [-0.4, -0.2) is 59.8 Å². The Kier molecular flexibility index (Phi) is 8.25. The van der Waals surface area contributed by atoms with Crippen LogP contribution in [0.25, 0.3) is 0 Å². The van der Waals surface area contributed by atoms with Gasteiger partial charge in [-0.1, -0.05) is 18.2 Å². The number of likely N-dealkylation sites (N-methyl/N-ethyl adjacent to an activating group) is 1. The van der Waals surface area contributed by atoms with Crippen molar-refractivity contribution in [2.24, 2.45) is 0 Å². The maximum atomic E-state index is 13.3. The summed E-state index contributed by atoms with van der Waals surface area (Å²) >= 11 is 1.78. The van der Waals surface area contributed by atoms with Crippen molar-refractivity contribution in [2.75, 3.05) is 43.5 Å². The van der Waals surface area contributed by atoms with Crippen molar-refractivity contribution in [3.63, 3.8) is 0 Å². The molecular weight excluding hydrogens is 433 g/mol. The zero-order valence-corrected chi connectivity index (χ0v) is 19.6. The van der Waals surface area contributed by atoms with Crippen LogP contribution in [-0.2, 0) is 4.79 Å². The quantitative estimate of drug-likeness (QED) is 0.431. The summed E-state index contributed by atoms with van der Waals surface area (Å²) in [6.07, 6.45) is 2.84. The largest absolute Gasteiger partial charge is 0.339 e. The fourth-order valence-corrected chi connectivity index (χ4v) is 5.44. The Morgan fingerprint density at radius 3 is 2.35 bits per heavy atom. The van der Waals surface area contributed by atoms with Crippen LogP contribution >= 0.6 is 24.2 Å². The minimum atomic E-state index is -0.392. The average molecular weight is 464 g/mol. The van der Waals surface area contributed by atoms with E-state index in [0.29, 0.717) is 12.6 Å². The molecule has 0 saturated carbocycles. The summed E-state index contributed by atoms with van der Waals surface area (Å²) in [5.74, 6) is 1.13. The molecule has 31 heavy (non-hydrogen) atoms. The minimum Gasteiger partial charge on any atom is -0.339 e. The molecule has 1 spiro atoms. The van der Waals surface area contributed by atoms with Gasteiger partial charge in [0.2, 0.25) is 5.91 Å². The van der Waals surface area contributed by atoms with Gasteiger partial charge < -0.3 is 14.7 Å². The van der Waals surface area contributed by atoms with Crippen molar-refractivity contribution in [1.82, 2.24) is 9.80 Å². The highest BCUT2D eigenvalue weighted by Crippen LogP contribution is 2.39. The van der Waals surface area contributed by atoms with Crippen LogP contribution in [0.1, 0.15) is 26.2 Å². The molecule has 0 aromatic heterocycles. The fourth-order valence-electron chi connectivity index (χ4n) is 4.60. The van der Waals surface area contributed by atoms with E-state index in [9.17, 15) is 9.18 Å². The summed E-state index contributed by atoms with van der Waals surface area (Å²) < 4.78 is 13.0. The number of benzene rings is 2. The van der Waals surface area contributed by atoms with Crippen molar-refractivity contribution in [2.45, 2.75) is 36.6 Å². The number of thioether (sulfide) groups is 1. The molecule has 2 aromatic carbocycles. The van der Waals surface area contributed by atoms with Crippen molar-refractivity contribution in [3.8, 4) is 0 Å². The van der Waals surface area contributed by atoms with Gasteiger partial charge in [-0.2, -0.15) is 0 Å². The highest BCUT2D eigenvalue weighted by molar-refractivity contribution is 7.99. The molecule has 0 aliphatic carbocycles. The second-order valence-corrected chi connectivity index (χ2v) is 9.26. The Hall–Kier alpha value is -1.76. The van der Waals surface area contributed by atoms with Crippen molar-refractivity contribution < 1.29 is 9.18 Å². The maximum absolute atomic E-state index is 13.3. The second-order valence-electron chi connectivity index (χ2n) is 8.10. The lowest BCUT2D eigenvalue weighted by Crippen LogP contribution is -2.56. The summed E-state index contributed by atoms with van der Waals surface area (Å²) in [6, 6.07) is 17.1. The molecule has 2 saturated heterocycles. The topological polar surface area (TPSA) is 26.8 Å². The molecule has 0 unspecified atom stereocenters. The Balaban J connectivity index is 0.00000272. The Bertz CT molecular complexity index is 844. The molecule has 0 bridgehead atoms. The molecule has 1 amide bonds. The lowest BCUT2D eigenvalue weighted by atomic mass is 9.85. The molecule has 4 nitrogen and oxygen atoms in total. The molecule has 2 aliphatic heterocycles. The first-order chi connectivity index (χ1) is 14.6. The zero-order valence-electron chi connectivity index (χ0n) is 18.0. The first-order valence-corrected chi connectivity index (χ1v) is 11.8. The van der Waals surface area contributed by atoms with Gasteiger partial charge in [0.15, 0.2) is 0 Å². The van der Waals surface area contributed by atoms with Crippen LogP contribution in [0.2, 0.25) is 0 Å². The molecule has 4 rings (SSSR count). The molecule has 2 aliphatic rings. The number of nitrogens with zero attached hydrogens (tertiary/aromatic N) is 3. The molecule has 2 aromatic rings. The number of halogens is 2. The predicted molar refractivity (Wildman–Crippen MR) is 129 cm³/mol. The molecule has 0 atom stereocenters. The summed E-state index contributed by atoms with van der Waals surface area (Å²) in [5, 5.41) is 0. The number of likely N-dealkylation sites (tertiary alicyclic amines) is 1. The molecule has 0 radical (unpaired) electrons. The van der Waals surface area contributed by atoms with Gasteiger partial charge in [0.05, 0.1) is 6.67 Å². The molecule has 0 N–H and O–H groups in total. The van der Waals surface area contributed by atoms with Crippen LogP contribution in [0.5, 0.6) is 0 Å². The van der Waals surface area contributed by atoms with Crippen LogP contribution in [0.4, 0.5) is 10.1 Å². The highest BCUT2D eigenvalue weighted by Gasteiger charge is 2.53. The fraction of sp³-hybridized carbons (Fsp3) is 0.458. The number of hydrogen-bond donors (Lipinski definition) is 0. The maximum Gasteiger partial charge on any atom is 0.250 e. The van der Waals surface area contributed by atoms with E-state index >= 15 is 0 Å². The average Bonchev–Trinajstić information content (AvgIpc) is 3.06. The number of para-hydroxylation sites is 1. The summed E-state index contributed by atoms with van der Waals surface area (Å²) in [6.45, 7) is 6.46. The SMILES string of the molecule is CCN1CN(c2ccccc2)C2(CCN(CCCSc3ccc(F)cc3)CC2)C1=O.Cl. The number of carbonyl (C=O) groups is 1. The number of hydrogen-bond acceptors (Lipinski definition) is 4. The van der Waals surface area contributed by atoms with E-state index in [1.807, 2.05) is 23.1 Å². The lowest BCUT2D eigenvalue weighted by molar-refractivity contribution is -0.133. The van der Waals surface area contributed by atoms with E-state index in [1.54, 1.807) is 11.8 Å². The minimum absolute atomic E-state index is 0. The summed E-state index contributed by atoms with van der Waals surface area (Å²) in [5.41, 5.74) is 0.752. The van der Waals surface area contributed by atoms with E-state index < -0.39 is 5.54 Å². The number of amides is 1. The van der Waals surface area contributed by atoms with Gasteiger partial charge in [-0.25, -0.2) is 4.39 Å². The van der Waals surface area contributed by atoms with Gasteiger partial charge in [-0.15, -0.1) is 24.2 Å². The van der Waals surface area contributed by atoms with E-state index in [1.165, 1.54) is 12.1 Å². The van der Waals surface area contributed by atoms with E-state index in [2.05, 4.69) is 41.0 Å². The number of piperidine rings is 1. The number of rotatable bonds is 7. The third-order valence-corrected chi connectivity index (χ3v) is 7.45. The monoisotopic (exact) mass is 463 g/mol. The summed E-state index contributed by atoms with van der Waals surface area (Å²) in [7, 11) is 0. The molecular formula is C24H31ClFN3OS. The van der Waals surface area contributed by atoms with Crippen LogP contribution in [0.15, 0.2) is 59.5 Å². The summed E-state index contributed by atoms with van der Waals surface area (Å²) in [4.78, 5) is 21.2. The Labute approximate surface area is 195 Å². The van der Waals surface area contributed by atoms with Gasteiger partial charge in [0.25, 0.3) is 0 Å². The van der Waals surface area contributed by atoms with Gasteiger partial charge in [-0.05, 0) is 74.9 Å². The molecule has 7 heteroatoms. The Morgan fingerprint density at radius 2 is 1.71 bits per heavy atom. The molecule has 2 fully saturated rings. The first-order valence-electron chi connectivity index (χ1n) is 10.9. The number of carbonyl (C=O) groups excluding carboxylic acids is 1. The number of anilines is 1. The van der Waals surface area contributed by atoms with Gasteiger partial charge in [0, 0.05) is 30.2 Å². The normalized spacial score (nSPS) is 18.5. The van der Waals surface area contributed by atoms with E-state index in [4.69, 9.17) is 0 Å². The zero-order chi connectivity index (χ0) is 21.0. The smallest absolute Gasteiger partial charge is 0.250 e. The van der Waals surface area contributed by atoms with Crippen molar-refractivity contribution in [1.29, 1.82) is 0 Å². The van der Waals surface area contributed by atoms with Crippen LogP contribution in [0.3, 0.4) is 0 Å². The third-order valence-electron chi connectivity index (χ3n) is 6.35. The highest BCUT2D eigenvalue weighted by atomic mass is 35.5. The first kappa shape index (κ1) is 23.9. The van der Waals surface area contributed by atoms with Crippen LogP contribution < -0.4 is 4.90 Å². The van der Waals surface area contributed by atoms with Crippen LogP contribution in [0, 0.1) is 5.82 Å². The van der Waals surface area contributed by atoms with Crippen molar-refractivity contribution in [3.05, 3.63) is 60.4 Å². The van der Waals surface area contributed by atoms with Gasteiger partial charge in [-0.3, -0.25) is 4.79 Å². The predicted octanol–water partition coefficient (Wildman–Crippen LogP) is 4.89. The third kappa shape index (κ3) is 5.18. The van der Waals surface area contributed by atoms with E-state index in [0.717, 1.165) is 61.8 Å². The van der Waals surface area contributed by atoms with Gasteiger partial charge in [0.1, 0.15) is 11.4 Å². The standard InChI is InChI=1S/C24H30FN3OS.ClH/c1-2-27-19-28(21-7-4-3-5-8-21)24(23(27)29)13-16-26(17-14-24)15-6-18-30-22-11-9-20(25)10-12-22;/h3-5,7-12H,2,6,13-19H2,1H3;1H. The van der Waals surface area contributed by atoms with Crippen molar-refractivity contribution >= 4 is 35.8 Å². The molecule has 2 heterocycles. The molecule has 168 valence electrons. The Morgan fingerprint density at radius 1 is 1.03 bits per heavy atom.